The maximum atomic E-state index is 13.2. The van der Waals surface area contributed by atoms with Crippen molar-refractivity contribution in [1.82, 2.24) is 0 Å². The Morgan fingerprint density at radius 3 is 2.20 bits per heavy atom. The number of hydrogen-bond donors (Lipinski definition) is 1. The maximum Gasteiger partial charge on any atom is 0.256 e. The molecule has 0 amide bonds. The second-order valence-electron chi connectivity index (χ2n) is 2.62. The third kappa shape index (κ3) is 1.70. The molecule has 0 saturated carbocycles. The second kappa shape index (κ2) is 3.94. The van der Waals surface area contributed by atoms with Gasteiger partial charge in [-0.05, 0) is 11.6 Å². The summed E-state index contributed by atoms with van der Waals surface area (Å²) in [6.07, 6.45) is 0.837. The molecule has 0 unspecified atom stereocenters. The molecule has 0 bridgehead atoms. The van der Waals surface area contributed by atoms with Crippen LogP contribution >= 0.6 is 11.6 Å². The van der Waals surface area contributed by atoms with E-state index in [9.17, 15) is 18.0 Å². The minimum absolute atomic E-state index is 0.550. The van der Waals surface area contributed by atoms with Crippen molar-refractivity contribution in [3.8, 4) is 0 Å². The van der Waals surface area contributed by atoms with Crippen LogP contribution in [-0.4, -0.2) is 5.24 Å². The average Bonchev–Trinajstić information content (AvgIpc) is 2.19. The monoisotopic (exact) mass is 235 g/mol. The molecule has 0 radical (unpaired) electrons. The van der Waals surface area contributed by atoms with Crippen LogP contribution in [0.2, 0.25) is 0 Å². The molecule has 1 aromatic carbocycles. The zero-order valence-corrected chi connectivity index (χ0v) is 8.04. The minimum atomic E-state index is -1.64. The summed E-state index contributed by atoms with van der Waals surface area (Å²) < 4.78 is 39.4. The first-order chi connectivity index (χ1) is 6.91. The molecule has 0 aromatic heterocycles. The minimum Gasteiger partial charge on any atom is -0.394 e. The quantitative estimate of drug-likeness (QED) is 0.487. The fourth-order valence-corrected chi connectivity index (χ4v) is 1.27. The van der Waals surface area contributed by atoms with Gasteiger partial charge in [0.15, 0.2) is 17.5 Å². The predicted octanol–water partition coefficient (Wildman–Crippen LogP) is 2.71. The highest BCUT2D eigenvalue weighted by Gasteiger charge is 2.25. The number of benzene rings is 1. The first-order valence-corrected chi connectivity index (χ1v) is 4.07. The summed E-state index contributed by atoms with van der Waals surface area (Å²) in [4.78, 5) is 10.8. The van der Waals surface area contributed by atoms with Crippen LogP contribution in [0.4, 0.5) is 18.9 Å². The number of carbonyl (C=O) groups is 1. The lowest BCUT2D eigenvalue weighted by molar-refractivity contribution is 0.107. The van der Waals surface area contributed by atoms with Crippen LogP contribution in [0.5, 0.6) is 0 Å². The molecule has 2 N–H and O–H groups in total. The largest absolute Gasteiger partial charge is 0.394 e. The second-order valence-corrected chi connectivity index (χ2v) is 2.97. The van der Waals surface area contributed by atoms with Crippen LogP contribution in [0.1, 0.15) is 15.9 Å². The molecule has 2 nitrogen and oxygen atoms in total. The Morgan fingerprint density at radius 1 is 1.27 bits per heavy atom. The third-order valence-corrected chi connectivity index (χ3v) is 1.98. The van der Waals surface area contributed by atoms with Crippen LogP contribution in [0.3, 0.4) is 0 Å². The SMILES string of the molecule is C=Cc1c(F)c(N)c(F)c(F)c1C(=O)Cl. The van der Waals surface area contributed by atoms with Crippen LogP contribution in [-0.2, 0) is 0 Å². The molecule has 0 heterocycles. The molecule has 0 spiro atoms. The van der Waals surface area contributed by atoms with E-state index in [1.54, 1.807) is 0 Å². The Balaban J connectivity index is 3.78. The molecule has 0 atom stereocenters. The Labute approximate surface area is 88.1 Å². The Kier molecular flexibility index (Phi) is 3.04. The van der Waals surface area contributed by atoms with Crippen molar-refractivity contribution in [1.29, 1.82) is 0 Å². The van der Waals surface area contributed by atoms with Crippen molar-refractivity contribution in [2.45, 2.75) is 0 Å². The standard InChI is InChI=1S/C9H5ClF3NO/c1-2-3-4(9(10)15)6(12)7(13)8(14)5(3)11/h2H,1,14H2. The average molecular weight is 236 g/mol. The van der Waals surface area contributed by atoms with E-state index in [-0.39, 0.29) is 0 Å². The fraction of sp³-hybridized carbons (Fsp3) is 0. The van der Waals surface area contributed by atoms with E-state index < -0.39 is 39.5 Å². The van der Waals surface area contributed by atoms with Crippen LogP contribution in [0.25, 0.3) is 6.08 Å². The third-order valence-electron chi connectivity index (χ3n) is 1.79. The fourth-order valence-electron chi connectivity index (χ4n) is 1.08. The first kappa shape index (κ1) is 11.6. The lowest BCUT2D eigenvalue weighted by Gasteiger charge is -2.08. The van der Waals surface area contributed by atoms with Crippen LogP contribution in [0, 0.1) is 17.5 Å². The summed E-state index contributed by atoms with van der Waals surface area (Å²) in [7, 11) is 0. The molecule has 6 heteroatoms. The predicted molar refractivity (Wildman–Crippen MR) is 51.0 cm³/mol. The number of carbonyl (C=O) groups excluding carboxylic acids is 1. The molecule has 0 saturated heterocycles. The van der Waals surface area contributed by atoms with Gasteiger partial charge in [-0.1, -0.05) is 12.7 Å². The zero-order chi connectivity index (χ0) is 11.7. The highest BCUT2D eigenvalue weighted by molar-refractivity contribution is 6.68. The molecule has 15 heavy (non-hydrogen) atoms. The number of nitrogen functional groups attached to an aromatic ring is 1. The molecule has 80 valence electrons. The molecule has 0 aliphatic heterocycles. The van der Waals surface area contributed by atoms with Gasteiger partial charge in [0.25, 0.3) is 5.24 Å². The van der Waals surface area contributed by atoms with Gasteiger partial charge in [0.1, 0.15) is 5.69 Å². The number of nitrogens with two attached hydrogens (primary N) is 1. The van der Waals surface area contributed by atoms with Crippen LogP contribution < -0.4 is 5.73 Å². The zero-order valence-electron chi connectivity index (χ0n) is 7.28. The van der Waals surface area contributed by atoms with E-state index in [0.29, 0.717) is 0 Å². The van der Waals surface area contributed by atoms with Gasteiger partial charge in [0.2, 0.25) is 0 Å². The molecular weight excluding hydrogens is 231 g/mol. The van der Waals surface area contributed by atoms with E-state index >= 15 is 0 Å². The van der Waals surface area contributed by atoms with E-state index in [1.165, 1.54) is 0 Å². The van der Waals surface area contributed by atoms with E-state index in [0.717, 1.165) is 6.08 Å². The summed E-state index contributed by atoms with van der Waals surface area (Å²) >= 11 is 4.99. The van der Waals surface area contributed by atoms with Gasteiger partial charge in [-0.15, -0.1) is 0 Å². The lowest BCUT2D eigenvalue weighted by atomic mass is 10.1. The Bertz CT molecular complexity index is 459. The van der Waals surface area contributed by atoms with Crippen molar-refractivity contribution in [2.24, 2.45) is 0 Å². The highest BCUT2D eigenvalue weighted by Crippen LogP contribution is 2.28. The van der Waals surface area contributed by atoms with Gasteiger partial charge >= 0.3 is 0 Å². The van der Waals surface area contributed by atoms with Crippen molar-refractivity contribution in [2.75, 3.05) is 5.73 Å². The number of halogens is 4. The van der Waals surface area contributed by atoms with Crippen molar-refractivity contribution < 1.29 is 18.0 Å². The van der Waals surface area contributed by atoms with Crippen molar-refractivity contribution >= 4 is 28.6 Å². The number of anilines is 1. The smallest absolute Gasteiger partial charge is 0.256 e. The van der Waals surface area contributed by atoms with Gasteiger partial charge in [-0.25, -0.2) is 13.2 Å². The van der Waals surface area contributed by atoms with Crippen molar-refractivity contribution in [3.63, 3.8) is 0 Å². The normalized spacial score (nSPS) is 10.1. The summed E-state index contributed by atoms with van der Waals surface area (Å²) in [5.74, 6) is -4.47. The summed E-state index contributed by atoms with van der Waals surface area (Å²) in [6.45, 7) is 3.15. The molecule has 0 aliphatic rings. The topological polar surface area (TPSA) is 43.1 Å². The molecule has 0 fully saturated rings. The van der Waals surface area contributed by atoms with Gasteiger partial charge in [-0.3, -0.25) is 4.79 Å². The van der Waals surface area contributed by atoms with Gasteiger partial charge in [0.05, 0.1) is 5.56 Å². The molecule has 0 aliphatic carbocycles. The van der Waals surface area contributed by atoms with E-state index in [1.807, 2.05) is 0 Å². The Morgan fingerprint density at radius 2 is 1.80 bits per heavy atom. The number of hydrogen-bond acceptors (Lipinski definition) is 2. The van der Waals surface area contributed by atoms with Crippen LogP contribution in [0.15, 0.2) is 6.58 Å². The summed E-state index contributed by atoms with van der Waals surface area (Å²) in [6, 6.07) is 0. The van der Waals surface area contributed by atoms with E-state index in [2.05, 4.69) is 6.58 Å². The maximum absolute atomic E-state index is 13.2. The van der Waals surface area contributed by atoms with Gasteiger partial charge in [0, 0.05) is 5.56 Å². The first-order valence-electron chi connectivity index (χ1n) is 3.70. The Hall–Kier alpha value is -1.49. The molecule has 1 rings (SSSR count). The van der Waals surface area contributed by atoms with Gasteiger partial charge < -0.3 is 5.73 Å². The highest BCUT2D eigenvalue weighted by atomic mass is 35.5. The number of rotatable bonds is 2. The molecular formula is C9H5ClF3NO. The molecule has 1 aromatic rings. The van der Waals surface area contributed by atoms with Gasteiger partial charge in [-0.2, -0.15) is 0 Å². The van der Waals surface area contributed by atoms with Crippen molar-refractivity contribution in [3.05, 3.63) is 35.2 Å². The lowest BCUT2D eigenvalue weighted by Crippen LogP contribution is -2.09. The van der Waals surface area contributed by atoms with E-state index in [4.69, 9.17) is 17.3 Å². The summed E-state index contributed by atoms with van der Waals surface area (Å²) in [5.41, 5.74) is 2.47. The summed E-state index contributed by atoms with van der Waals surface area (Å²) in [5, 5.41) is -1.32.